The van der Waals surface area contributed by atoms with Crippen molar-refractivity contribution < 1.29 is 14.6 Å². The number of rotatable bonds is 3. The van der Waals surface area contributed by atoms with Gasteiger partial charge in [0.25, 0.3) is 0 Å². The van der Waals surface area contributed by atoms with E-state index in [0.29, 0.717) is 26.1 Å². The summed E-state index contributed by atoms with van der Waals surface area (Å²) < 4.78 is 5.33. The SMILES string of the molecule is O=C(O)C1(c2ccc(-c3ccccc3)cc2)CCOCC1. The summed E-state index contributed by atoms with van der Waals surface area (Å²) in [6.45, 7) is 1.01. The van der Waals surface area contributed by atoms with E-state index >= 15 is 0 Å². The molecule has 1 N–H and O–H groups in total. The highest BCUT2D eigenvalue weighted by Gasteiger charge is 2.41. The lowest BCUT2D eigenvalue weighted by atomic mass is 9.74. The zero-order valence-corrected chi connectivity index (χ0v) is 11.8. The predicted molar refractivity (Wildman–Crippen MR) is 81.2 cm³/mol. The van der Waals surface area contributed by atoms with Gasteiger partial charge in [0.05, 0.1) is 5.41 Å². The molecule has 0 bridgehead atoms. The number of hydrogen-bond acceptors (Lipinski definition) is 2. The third-order valence-electron chi connectivity index (χ3n) is 4.30. The van der Waals surface area contributed by atoms with Crippen LogP contribution >= 0.6 is 0 Å². The van der Waals surface area contributed by atoms with Crippen LogP contribution in [0.1, 0.15) is 18.4 Å². The zero-order valence-electron chi connectivity index (χ0n) is 11.8. The topological polar surface area (TPSA) is 46.5 Å². The van der Waals surface area contributed by atoms with Crippen LogP contribution in [-0.2, 0) is 14.9 Å². The van der Waals surface area contributed by atoms with Crippen molar-refractivity contribution in [3.8, 4) is 11.1 Å². The highest BCUT2D eigenvalue weighted by atomic mass is 16.5. The molecule has 3 nitrogen and oxygen atoms in total. The molecule has 1 fully saturated rings. The standard InChI is InChI=1S/C18H18O3/c19-17(20)18(10-12-21-13-11-18)16-8-6-15(7-9-16)14-4-2-1-3-5-14/h1-9H,10-13H2,(H,19,20). The van der Waals surface area contributed by atoms with E-state index in [0.717, 1.165) is 16.7 Å². The summed E-state index contributed by atoms with van der Waals surface area (Å²) >= 11 is 0. The van der Waals surface area contributed by atoms with Gasteiger partial charge in [-0.3, -0.25) is 4.79 Å². The molecular weight excluding hydrogens is 264 g/mol. The summed E-state index contributed by atoms with van der Waals surface area (Å²) in [5, 5.41) is 9.67. The quantitative estimate of drug-likeness (QED) is 0.937. The molecule has 108 valence electrons. The molecule has 0 spiro atoms. The normalized spacial score (nSPS) is 17.3. The summed E-state index contributed by atoms with van der Waals surface area (Å²) in [4.78, 5) is 11.8. The van der Waals surface area contributed by atoms with E-state index in [2.05, 4.69) is 12.1 Å². The lowest BCUT2D eigenvalue weighted by Gasteiger charge is -2.33. The molecule has 1 saturated heterocycles. The van der Waals surface area contributed by atoms with Gasteiger partial charge in [-0.25, -0.2) is 0 Å². The maximum absolute atomic E-state index is 11.8. The first-order valence-electron chi connectivity index (χ1n) is 7.19. The van der Waals surface area contributed by atoms with Gasteiger partial charge in [0.2, 0.25) is 0 Å². The maximum Gasteiger partial charge on any atom is 0.314 e. The van der Waals surface area contributed by atoms with Gasteiger partial charge in [-0.05, 0) is 29.5 Å². The van der Waals surface area contributed by atoms with E-state index in [4.69, 9.17) is 4.74 Å². The van der Waals surface area contributed by atoms with Crippen LogP contribution in [0.2, 0.25) is 0 Å². The van der Waals surface area contributed by atoms with E-state index in [1.165, 1.54) is 0 Å². The Labute approximate surface area is 124 Å². The van der Waals surface area contributed by atoms with Crippen LogP contribution in [0.25, 0.3) is 11.1 Å². The molecule has 3 heteroatoms. The second-order valence-electron chi connectivity index (χ2n) is 5.44. The third-order valence-corrected chi connectivity index (χ3v) is 4.30. The minimum Gasteiger partial charge on any atom is -0.481 e. The van der Waals surface area contributed by atoms with Crippen molar-refractivity contribution >= 4 is 5.97 Å². The second-order valence-corrected chi connectivity index (χ2v) is 5.44. The number of carboxylic acids is 1. The van der Waals surface area contributed by atoms with Crippen molar-refractivity contribution in [2.24, 2.45) is 0 Å². The fourth-order valence-corrected chi connectivity index (χ4v) is 2.96. The van der Waals surface area contributed by atoms with E-state index in [-0.39, 0.29) is 0 Å². The summed E-state index contributed by atoms with van der Waals surface area (Å²) in [6.07, 6.45) is 1.07. The van der Waals surface area contributed by atoms with Crippen molar-refractivity contribution in [1.29, 1.82) is 0 Å². The van der Waals surface area contributed by atoms with Crippen LogP contribution in [0.4, 0.5) is 0 Å². The number of benzene rings is 2. The Morgan fingerprint density at radius 3 is 2.05 bits per heavy atom. The Morgan fingerprint density at radius 2 is 1.48 bits per heavy atom. The average molecular weight is 282 g/mol. The first-order chi connectivity index (χ1) is 10.2. The van der Waals surface area contributed by atoms with Gasteiger partial charge < -0.3 is 9.84 Å². The molecule has 0 amide bonds. The van der Waals surface area contributed by atoms with Crippen LogP contribution in [0.15, 0.2) is 54.6 Å². The van der Waals surface area contributed by atoms with E-state index < -0.39 is 11.4 Å². The predicted octanol–water partition coefficient (Wildman–Crippen LogP) is 3.49. The van der Waals surface area contributed by atoms with Crippen LogP contribution in [0.3, 0.4) is 0 Å². The average Bonchev–Trinajstić information content (AvgIpc) is 2.56. The number of ether oxygens (including phenoxy) is 1. The van der Waals surface area contributed by atoms with Crippen LogP contribution in [0, 0.1) is 0 Å². The van der Waals surface area contributed by atoms with E-state index in [1.807, 2.05) is 42.5 Å². The Hall–Kier alpha value is -2.13. The number of carboxylic acid groups (broad SMARTS) is 1. The molecule has 0 radical (unpaired) electrons. The molecule has 0 aromatic heterocycles. The molecule has 0 unspecified atom stereocenters. The fourth-order valence-electron chi connectivity index (χ4n) is 2.96. The Balaban J connectivity index is 1.94. The molecule has 21 heavy (non-hydrogen) atoms. The fraction of sp³-hybridized carbons (Fsp3) is 0.278. The van der Waals surface area contributed by atoms with Gasteiger partial charge in [0, 0.05) is 13.2 Å². The molecular formula is C18H18O3. The summed E-state index contributed by atoms with van der Waals surface area (Å²) in [7, 11) is 0. The van der Waals surface area contributed by atoms with E-state index in [1.54, 1.807) is 0 Å². The number of carbonyl (C=O) groups is 1. The van der Waals surface area contributed by atoms with Gasteiger partial charge >= 0.3 is 5.97 Å². The minimum absolute atomic E-state index is 0.507. The smallest absolute Gasteiger partial charge is 0.314 e. The van der Waals surface area contributed by atoms with Crippen molar-refractivity contribution in [3.05, 3.63) is 60.2 Å². The summed E-state index contributed by atoms with van der Waals surface area (Å²) in [5.74, 6) is -0.752. The molecule has 1 aliphatic heterocycles. The number of aliphatic carboxylic acids is 1. The molecule has 1 aliphatic rings. The van der Waals surface area contributed by atoms with Crippen molar-refractivity contribution in [2.45, 2.75) is 18.3 Å². The maximum atomic E-state index is 11.8. The van der Waals surface area contributed by atoms with E-state index in [9.17, 15) is 9.90 Å². The largest absolute Gasteiger partial charge is 0.481 e. The molecule has 0 aliphatic carbocycles. The molecule has 0 atom stereocenters. The second kappa shape index (κ2) is 5.70. The monoisotopic (exact) mass is 282 g/mol. The molecule has 0 saturated carbocycles. The first kappa shape index (κ1) is 13.8. The van der Waals surface area contributed by atoms with Gasteiger partial charge in [-0.1, -0.05) is 54.6 Å². The highest BCUT2D eigenvalue weighted by Crippen LogP contribution is 2.36. The van der Waals surface area contributed by atoms with Gasteiger partial charge in [-0.2, -0.15) is 0 Å². The molecule has 2 aromatic rings. The molecule has 3 rings (SSSR count). The lowest BCUT2D eigenvalue weighted by molar-refractivity contribution is -0.147. The van der Waals surface area contributed by atoms with Crippen LogP contribution < -0.4 is 0 Å². The minimum atomic E-state index is -0.798. The van der Waals surface area contributed by atoms with Gasteiger partial charge in [0.15, 0.2) is 0 Å². The third kappa shape index (κ3) is 2.57. The molecule has 2 aromatic carbocycles. The first-order valence-corrected chi connectivity index (χ1v) is 7.19. The Bertz CT molecular complexity index is 611. The zero-order chi connectivity index (χ0) is 14.7. The summed E-state index contributed by atoms with van der Waals surface area (Å²) in [5.41, 5.74) is 2.32. The summed E-state index contributed by atoms with van der Waals surface area (Å²) in [6, 6.07) is 18.0. The Kier molecular flexibility index (Phi) is 3.76. The van der Waals surface area contributed by atoms with Crippen molar-refractivity contribution in [1.82, 2.24) is 0 Å². The van der Waals surface area contributed by atoms with Crippen LogP contribution in [0.5, 0.6) is 0 Å². The highest BCUT2D eigenvalue weighted by molar-refractivity contribution is 5.82. The number of hydrogen-bond donors (Lipinski definition) is 1. The lowest BCUT2D eigenvalue weighted by Crippen LogP contribution is -2.41. The van der Waals surface area contributed by atoms with Gasteiger partial charge in [0.1, 0.15) is 0 Å². The van der Waals surface area contributed by atoms with Crippen molar-refractivity contribution in [3.63, 3.8) is 0 Å². The Morgan fingerprint density at radius 1 is 0.905 bits per heavy atom. The van der Waals surface area contributed by atoms with Crippen LogP contribution in [-0.4, -0.2) is 24.3 Å². The van der Waals surface area contributed by atoms with Crippen molar-refractivity contribution in [2.75, 3.05) is 13.2 Å². The van der Waals surface area contributed by atoms with Gasteiger partial charge in [-0.15, -0.1) is 0 Å². The molecule has 1 heterocycles.